The fraction of sp³-hybridized carbons (Fsp3) is 0.462. The molecule has 1 aromatic carbocycles. The van der Waals surface area contributed by atoms with Gasteiger partial charge in [0.15, 0.2) is 0 Å². The highest BCUT2D eigenvalue weighted by molar-refractivity contribution is 5.92. The largest absolute Gasteiger partial charge is 0.496 e. The van der Waals surface area contributed by atoms with Crippen LogP contribution in [0.5, 0.6) is 5.75 Å². The van der Waals surface area contributed by atoms with Crippen LogP contribution in [-0.2, 0) is 4.74 Å². The molecule has 1 aromatic rings. The van der Waals surface area contributed by atoms with Crippen LogP contribution in [0.1, 0.15) is 37.0 Å². The number of para-hydroxylation sites is 1. The van der Waals surface area contributed by atoms with Crippen LogP contribution >= 0.6 is 0 Å². The van der Waals surface area contributed by atoms with Gasteiger partial charge < -0.3 is 9.47 Å². The molecule has 3 nitrogen and oxygen atoms in total. The highest BCUT2D eigenvalue weighted by Crippen LogP contribution is 2.19. The third kappa shape index (κ3) is 2.99. The van der Waals surface area contributed by atoms with Crippen LogP contribution in [0.25, 0.3) is 0 Å². The van der Waals surface area contributed by atoms with Gasteiger partial charge in [-0.1, -0.05) is 26.0 Å². The molecule has 0 amide bonds. The van der Waals surface area contributed by atoms with Gasteiger partial charge in [0.05, 0.1) is 7.11 Å². The van der Waals surface area contributed by atoms with E-state index in [1.54, 1.807) is 25.3 Å². The maximum atomic E-state index is 11.9. The van der Waals surface area contributed by atoms with Gasteiger partial charge in [0, 0.05) is 0 Å². The molecule has 0 radical (unpaired) electrons. The van der Waals surface area contributed by atoms with Gasteiger partial charge >= 0.3 is 5.97 Å². The second-order valence-electron chi connectivity index (χ2n) is 3.54. The van der Waals surface area contributed by atoms with Gasteiger partial charge in [0.1, 0.15) is 17.4 Å². The molecule has 0 aliphatic carbocycles. The molecule has 0 aliphatic rings. The summed E-state index contributed by atoms with van der Waals surface area (Å²) >= 11 is 0. The number of benzene rings is 1. The highest BCUT2D eigenvalue weighted by Gasteiger charge is 2.16. The molecule has 0 saturated heterocycles. The van der Waals surface area contributed by atoms with Crippen molar-refractivity contribution in [2.24, 2.45) is 0 Å². The molecule has 0 heterocycles. The van der Waals surface area contributed by atoms with Gasteiger partial charge in [-0.05, 0) is 25.0 Å². The molecule has 0 bridgehead atoms. The Balaban J connectivity index is 2.79. The first-order valence-electron chi connectivity index (χ1n) is 5.56. The first kappa shape index (κ1) is 12.6. The number of esters is 1. The summed E-state index contributed by atoms with van der Waals surface area (Å²) in [6.07, 6.45) is 1.65. The normalized spacial score (nSPS) is 10.2. The van der Waals surface area contributed by atoms with E-state index in [4.69, 9.17) is 9.47 Å². The molecular weight excluding hydrogens is 204 g/mol. The van der Waals surface area contributed by atoms with Crippen molar-refractivity contribution >= 4 is 5.97 Å². The van der Waals surface area contributed by atoms with Crippen LogP contribution < -0.4 is 4.74 Å². The Kier molecular flexibility index (Phi) is 4.83. The van der Waals surface area contributed by atoms with Crippen molar-refractivity contribution in [3.05, 3.63) is 29.8 Å². The zero-order chi connectivity index (χ0) is 12.0. The van der Waals surface area contributed by atoms with Crippen molar-refractivity contribution in [1.82, 2.24) is 0 Å². The van der Waals surface area contributed by atoms with Crippen LogP contribution in [0.2, 0.25) is 0 Å². The van der Waals surface area contributed by atoms with Crippen LogP contribution in [0, 0.1) is 0 Å². The lowest BCUT2D eigenvalue weighted by Gasteiger charge is -2.15. The standard InChI is InChI=1S/C13H18O3/c1-4-10(5-2)16-13(14)11-8-6-7-9-12(11)15-3/h6-10H,4-5H2,1-3H3. The Hall–Kier alpha value is -1.51. The SMILES string of the molecule is CCC(CC)OC(=O)c1ccccc1OC. The van der Waals surface area contributed by atoms with Gasteiger partial charge in [0.25, 0.3) is 0 Å². The zero-order valence-corrected chi connectivity index (χ0v) is 10.0. The number of carbonyl (C=O) groups is 1. The Morgan fingerprint density at radius 2 is 1.88 bits per heavy atom. The van der Waals surface area contributed by atoms with Crippen LogP contribution in [0.4, 0.5) is 0 Å². The Labute approximate surface area is 96.4 Å². The van der Waals surface area contributed by atoms with Crippen molar-refractivity contribution in [2.75, 3.05) is 7.11 Å². The van der Waals surface area contributed by atoms with Crippen LogP contribution in [0.15, 0.2) is 24.3 Å². The van der Waals surface area contributed by atoms with E-state index >= 15 is 0 Å². The van der Waals surface area contributed by atoms with Crippen molar-refractivity contribution in [3.8, 4) is 5.75 Å². The lowest BCUT2D eigenvalue weighted by molar-refractivity contribution is 0.0281. The molecule has 3 heteroatoms. The number of methoxy groups -OCH3 is 1. The molecule has 0 unspecified atom stereocenters. The first-order chi connectivity index (χ1) is 7.72. The summed E-state index contributed by atoms with van der Waals surface area (Å²) in [6.45, 7) is 4.01. The van der Waals surface area contributed by atoms with E-state index in [9.17, 15) is 4.79 Å². The minimum absolute atomic E-state index is 0.0163. The minimum atomic E-state index is -0.314. The van der Waals surface area contributed by atoms with Crippen molar-refractivity contribution in [2.45, 2.75) is 32.8 Å². The quantitative estimate of drug-likeness (QED) is 0.718. The molecule has 0 aliphatic heterocycles. The number of ether oxygens (including phenoxy) is 2. The van der Waals surface area contributed by atoms with E-state index < -0.39 is 0 Å². The van der Waals surface area contributed by atoms with E-state index in [2.05, 4.69) is 0 Å². The molecule has 16 heavy (non-hydrogen) atoms. The molecule has 0 fully saturated rings. The van der Waals surface area contributed by atoms with Gasteiger partial charge in [-0.15, -0.1) is 0 Å². The second kappa shape index (κ2) is 6.16. The van der Waals surface area contributed by atoms with Crippen molar-refractivity contribution < 1.29 is 14.3 Å². The fourth-order valence-electron chi connectivity index (χ4n) is 1.48. The lowest BCUT2D eigenvalue weighted by Crippen LogP contribution is -2.17. The van der Waals surface area contributed by atoms with E-state index in [0.717, 1.165) is 12.8 Å². The average molecular weight is 222 g/mol. The van der Waals surface area contributed by atoms with Gasteiger partial charge in [-0.3, -0.25) is 0 Å². The van der Waals surface area contributed by atoms with Crippen LogP contribution in [0.3, 0.4) is 0 Å². The third-order valence-electron chi connectivity index (χ3n) is 2.51. The number of carbonyl (C=O) groups excluding carboxylic acids is 1. The van der Waals surface area contributed by atoms with Crippen LogP contribution in [-0.4, -0.2) is 19.2 Å². The van der Waals surface area contributed by atoms with Gasteiger partial charge in [0.2, 0.25) is 0 Å². The van der Waals surface area contributed by atoms with Crippen molar-refractivity contribution in [1.29, 1.82) is 0 Å². The molecule has 0 spiro atoms. The molecule has 0 atom stereocenters. The van der Waals surface area contributed by atoms with Crippen molar-refractivity contribution in [3.63, 3.8) is 0 Å². The number of rotatable bonds is 5. The summed E-state index contributed by atoms with van der Waals surface area (Å²) in [5.74, 6) is 0.240. The summed E-state index contributed by atoms with van der Waals surface area (Å²) in [5.41, 5.74) is 0.483. The van der Waals surface area contributed by atoms with E-state index in [1.807, 2.05) is 19.9 Å². The Morgan fingerprint density at radius 1 is 1.25 bits per heavy atom. The average Bonchev–Trinajstić information content (AvgIpc) is 2.35. The maximum Gasteiger partial charge on any atom is 0.342 e. The predicted octanol–water partition coefficient (Wildman–Crippen LogP) is 3.04. The predicted molar refractivity (Wildman–Crippen MR) is 62.8 cm³/mol. The highest BCUT2D eigenvalue weighted by atomic mass is 16.5. The van der Waals surface area contributed by atoms with E-state index in [1.165, 1.54) is 0 Å². The number of hydrogen-bond donors (Lipinski definition) is 0. The Morgan fingerprint density at radius 3 is 2.44 bits per heavy atom. The van der Waals surface area contributed by atoms with E-state index in [-0.39, 0.29) is 12.1 Å². The fourth-order valence-corrected chi connectivity index (χ4v) is 1.48. The molecule has 1 rings (SSSR count). The number of hydrogen-bond acceptors (Lipinski definition) is 3. The minimum Gasteiger partial charge on any atom is -0.496 e. The molecule has 0 saturated carbocycles. The molecule has 0 N–H and O–H groups in total. The maximum absolute atomic E-state index is 11.9. The molecular formula is C13H18O3. The summed E-state index contributed by atoms with van der Waals surface area (Å²) in [5, 5.41) is 0. The lowest BCUT2D eigenvalue weighted by atomic mass is 10.2. The molecule has 0 aromatic heterocycles. The first-order valence-corrected chi connectivity index (χ1v) is 5.56. The van der Waals surface area contributed by atoms with Gasteiger partial charge in [-0.2, -0.15) is 0 Å². The summed E-state index contributed by atoms with van der Waals surface area (Å²) in [6, 6.07) is 7.09. The van der Waals surface area contributed by atoms with Gasteiger partial charge in [-0.25, -0.2) is 4.79 Å². The Bertz CT molecular complexity index is 343. The summed E-state index contributed by atoms with van der Waals surface area (Å²) in [4.78, 5) is 11.9. The topological polar surface area (TPSA) is 35.5 Å². The smallest absolute Gasteiger partial charge is 0.342 e. The summed E-state index contributed by atoms with van der Waals surface area (Å²) < 4.78 is 10.5. The third-order valence-corrected chi connectivity index (χ3v) is 2.51. The second-order valence-corrected chi connectivity index (χ2v) is 3.54. The molecule has 88 valence electrons. The summed E-state index contributed by atoms with van der Waals surface area (Å²) in [7, 11) is 1.54. The van der Waals surface area contributed by atoms with E-state index in [0.29, 0.717) is 11.3 Å². The monoisotopic (exact) mass is 222 g/mol. The zero-order valence-electron chi connectivity index (χ0n) is 10.0.